The number of nitrogen functional groups attached to an aromatic ring is 1. The minimum atomic E-state index is -0.464. The number of primary amides is 1. The summed E-state index contributed by atoms with van der Waals surface area (Å²) in [5.41, 5.74) is 11.5. The summed E-state index contributed by atoms with van der Waals surface area (Å²) in [7, 11) is 0. The summed E-state index contributed by atoms with van der Waals surface area (Å²) in [6.07, 6.45) is 0.0857. The van der Waals surface area contributed by atoms with Crippen molar-refractivity contribution in [2.24, 2.45) is 5.73 Å². The number of carbonyl (C=O) groups is 2. The van der Waals surface area contributed by atoms with E-state index in [9.17, 15) is 9.59 Å². The van der Waals surface area contributed by atoms with Crippen LogP contribution >= 0.6 is 22.9 Å². The topological polar surface area (TPSA) is 98.2 Å². The van der Waals surface area contributed by atoms with Gasteiger partial charge in [-0.3, -0.25) is 9.59 Å². The van der Waals surface area contributed by atoms with Crippen molar-refractivity contribution >= 4 is 50.5 Å². The van der Waals surface area contributed by atoms with Gasteiger partial charge in [-0.1, -0.05) is 11.6 Å². The summed E-state index contributed by atoms with van der Waals surface area (Å²) < 4.78 is 0.850. The third kappa shape index (κ3) is 3.02. The van der Waals surface area contributed by atoms with E-state index >= 15 is 0 Å². The fraction of sp³-hybridized carbons (Fsp3) is 0.231. The van der Waals surface area contributed by atoms with Gasteiger partial charge in [-0.05, 0) is 25.1 Å². The number of hydrogen-bond donors (Lipinski definition) is 3. The Hall–Kier alpha value is -1.79. The van der Waals surface area contributed by atoms with Gasteiger partial charge in [-0.25, -0.2) is 0 Å². The minimum Gasteiger partial charge on any atom is -0.397 e. The summed E-state index contributed by atoms with van der Waals surface area (Å²) in [4.78, 5) is 23.4. The van der Waals surface area contributed by atoms with Crippen LogP contribution in [-0.4, -0.2) is 17.9 Å². The third-order valence-corrected chi connectivity index (χ3v) is 4.18. The number of benzene rings is 1. The molecule has 1 aromatic carbocycles. The van der Waals surface area contributed by atoms with Gasteiger partial charge in [0.1, 0.15) is 4.88 Å². The highest BCUT2D eigenvalue weighted by Crippen LogP contribution is 2.35. The van der Waals surface area contributed by atoms with Crippen molar-refractivity contribution in [3.05, 3.63) is 28.1 Å². The summed E-state index contributed by atoms with van der Waals surface area (Å²) in [5.74, 6) is -0.775. The Labute approximate surface area is 124 Å². The first-order valence-corrected chi connectivity index (χ1v) is 7.14. The molecule has 20 heavy (non-hydrogen) atoms. The van der Waals surface area contributed by atoms with Gasteiger partial charge in [0.15, 0.2) is 0 Å². The number of nitrogens with one attached hydrogen (secondary N) is 1. The smallest absolute Gasteiger partial charge is 0.263 e. The van der Waals surface area contributed by atoms with E-state index in [1.165, 1.54) is 11.3 Å². The van der Waals surface area contributed by atoms with Crippen LogP contribution in [0.5, 0.6) is 0 Å². The van der Waals surface area contributed by atoms with Gasteiger partial charge in [0, 0.05) is 27.6 Å². The molecule has 2 rings (SSSR count). The van der Waals surface area contributed by atoms with E-state index < -0.39 is 5.91 Å². The SMILES string of the molecule is CC(CC(N)=O)NC(=O)c1sc2cc(Cl)ccc2c1N. The Bertz CT molecular complexity index is 684. The fourth-order valence-corrected chi connectivity index (χ4v) is 3.20. The lowest BCUT2D eigenvalue weighted by molar-refractivity contribution is -0.118. The number of rotatable bonds is 4. The molecule has 0 saturated carbocycles. The van der Waals surface area contributed by atoms with Gasteiger partial charge in [-0.15, -0.1) is 11.3 Å². The highest BCUT2D eigenvalue weighted by Gasteiger charge is 2.18. The van der Waals surface area contributed by atoms with Gasteiger partial charge in [-0.2, -0.15) is 0 Å². The van der Waals surface area contributed by atoms with Crippen LogP contribution in [0.4, 0.5) is 5.69 Å². The predicted molar refractivity (Wildman–Crippen MR) is 82.0 cm³/mol. The summed E-state index contributed by atoms with van der Waals surface area (Å²) in [6.45, 7) is 1.71. The summed E-state index contributed by atoms with van der Waals surface area (Å²) in [5, 5.41) is 4.09. The second kappa shape index (κ2) is 5.68. The molecule has 2 amide bonds. The van der Waals surface area contributed by atoms with Crippen LogP contribution in [0.3, 0.4) is 0 Å². The molecule has 0 radical (unpaired) electrons. The molecular formula is C13H14ClN3O2S. The Morgan fingerprint density at radius 1 is 1.45 bits per heavy atom. The van der Waals surface area contributed by atoms with E-state index in [-0.39, 0.29) is 18.4 Å². The number of fused-ring (bicyclic) bond motifs is 1. The first-order chi connectivity index (χ1) is 9.38. The maximum atomic E-state index is 12.1. The number of thiophene rings is 1. The quantitative estimate of drug-likeness (QED) is 0.806. The first-order valence-electron chi connectivity index (χ1n) is 5.95. The Kier molecular flexibility index (Phi) is 4.15. The molecule has 0 aliphatic carbocycles. The molecule has 0 spiro atoms. The molecule has 0 aliphatic rings. The number of amides is 2. The van der Waals surface area contributed by atoms with Crippen LogP contribution in [-0.2, 0) is 4.79 Å². The fourth-order valence-electron chi connectivity index (χ4n) is 1.90. The van der Waals surface area contributed by atoms with E-state index in [0.717, 1.165) is 10.1 Å². The van der Waals surface area contributed by atoms with E-state index in [1.54, 1.807) is 25.1 Å². The molecule has 0 fully saturated rings. The van der Waals surface area contributed by atoms with Crippen molar-refractivity contribution in [1.82, 2.24) is 5.32 Å². The Balaban J connectivity index is 2.26. The minimum absolute atomic E-state index is 0.0857. The predicted octanol–water partition coefficient (Wildman–Crippen LogP) is 2.13. The van der Waals surface area contributed by atoms with E-state index in [4.69, 9.17) is 23.1 Å². The monoisotopic (exact) mass is 311 g/mol. The van der Waals surface area contributed by atoms with Crippen LogP contribution in [0.2, 0.25) is 5.02 Å². The molecule has 1 aromatic heterocycles. The molecular weight excluding hydrogens is 298 g/mol. The first kappa shape index (κ1) is 14.6. The molecule has 0 saturated heterocycles. The van der Waals surface area contributed by atoms with Crippen molar-refractivity contribution in [3.63, 3.8) is 0 Å². The van der Waals surface area contributed by atoms with E-state index in [1.807, 2.05) is 0 Å². The zero-order chi connectivity index (χ0) is 14.9. The molecule has 1 atom stereocenters. The highest BCUT2D eigenvalue weighted by atomic mass is 35.5. The lowest BCUT2D eigenvalue weighted by Gasteiger charge is -2.11. The number of nitrogens with two attached hydrogens (primary N) is 2. The van der Waals surface area contributed by atoms with Gasteiger partial charge in [0.2, 0.25) is 5.91 Å². The number of halogens is 1. The van der Waals surface area contributed by atoms with Crippen molar-refractivity contribution < 1.29 is 9.59 Å². The largest absolute Gasteiger partial charge is 0.397 e. The molecule has 7 heteroatoms. The van der Waals surface area contributed by atoms with Gasteiger partial charge in [0.05, 0.1) is 5.69 Å². The maximum absolute atomic E-state index is 12.1. The van der Waals surface area contributed by atoms with E-state index in [0.29, 0.717) is 15.6 Å². The Morgan fingerprint density at radius 2 is 2.15 bits per heavy atom. The van der Waals surface area contributed by atoms with E-state index in [2.05, 4.69) is 5.32 Å². The summed E-state index contributed by atoms with van der Waals surface area (Å²) in [6, 6.07) is 4.94. The molecule has 1 unspecified atom stereocenters. The van der Waals surface area contributed by atoms with Crippen LogP contribution in [0.1, 0.15) is 23.0 Å². The highest BCUT2D eigenvalue weighted by molar-refractivity contribution is 7.21. The summed E-state index contributed by atoms with van der Waals surface area (Å²) >= 11 is 7.18. The molecule has 5 N–H and O–H groups in total. The lowest BCUT2D eigenvalue weighted by atomic mass is 10.2. The van der Waals surface area contributed by atoms with Crippen molar-refractivity contribution in [2.45, 2.75) is 19.4 Å². The molecule has 2 aromatic rings. The normalized spacial score (nSPS) is 12.3. The van der Waals surface area contributed by atoms with Gasteiger partial charge >= 0.3 is 0 Å². The Morgan fingerprint density at radius 3 is 2.80 bits per heavy atom. The zero-order valence-electron chi connectivity index (χ0n) is 10.8. The molecule has 106 valence electrons. The van der Waals surface area contributed by atoms with Crippen molar-refractivity contribution in [1.29, 1.82) is 0 Å². The average Bonchev–Trinajstić information content (AvgIpc) is 2.65. The molecule has 1 heterocycles. The van der Waals surface area contributed by atoms with Crippen molar-refractivity contribution in [2.75, 3.05) is 5.73 Å². The van der Waals surface area contributed by atoms with Crippen LogP contribution in [0, 0.1) is 0 Å². The number of hydrogen-bond acceptors (Lipinski definition) is 4. The van der Waals surface area contributed by atoms with Gasteiger partial charge in [0.25, 0.3) is 5.91 Å². The number of anilines is 1. The van der Waals surface area contributed by atoms with Gasteiger partial charge < -0.3 is 16.8 Å². The lowest BCUT2D eigenvalue weighted by Crippen LogP contribution is -2.35. The average molecular weight is 312 g/mol. The van der Waals surface area contributed by atoms with Crippen LogP contribution in [0.25, 0.3) is 10.1 Å². The van der Waals surface area contributed by atoms with Crippen LogP contribution < -0.4 is 16.8 Å². The zero-order valence-corrected chi connectivity index (χ0v) is 12.3. The van der Waals surface area contributed by atoms with Crippen LogP contribution in [0.15, 0.2) is 18.2 Å². The number of carbonyl (C=O) groups excluding carboxylic acids is 2. The second-order valence-corrected chi connectivity index (χ2v) is 6.02. The standard InChI is InChI=1S/C13H14ClN3O2S/c1-6(4-10(15)18)17-13(19)12-11(16)8-3-2-7(14)5-9(8)20-12/h2-3,5-6H,4,16H2,1H3,(H2,15,18)(H,17,19). The molecule has 0 bridgehead atoms. The maximum Gasteiger partial charge on any atom is 0.263 e. The second-order valence-electron chi connectivity index (χ2n) is 4.53. The third-order valence-electron chi connectivity index (χ3n) is 2.78. The molecule has 0 aliphatic heterocycles. The molecule has 5 nitrogen and oxygen atoms in total. The van der Waals surface area contributed by atoms with Crippen molar-refractivity contribution in [3.8, 4) is 0 Å².